The average Bonchev–Trinajstić information content (AvgIpc) is 2.27. The Bertz CT molecular complexity index is 400. The van der Waals surface area contributed by atoms with Crippen LogP contribution in [0.25, 0.3) is 0 Å². The molecule has 0 heterocycles. The number of rotatable bonds is 5. The van der Waals surface area contributed by atoms with E-state index in [9.17, 15) is 4.79 Å². The standard InChI is InChI=1S/C12H12Cl2O2/c1-2-3-6-16-8-12(15)10-7-9(13)4-5-11(10)14/h2-5,7H,6,8H2,1H3. The molecule has 0 N–H and O–H groups in total. The predicted octanol–water partition coefficient (Wildman–Crippen LogP) is 3.77. The zero-order valence-electron chi connectivity index (χ0n) is 8.87. The largest absolute Gasteiger partial charge is 0.369 e. The van der Waals surface area contributed by atoms with Gasteiger partial charge in [-0.1, -0.05) is 35.4 Å². The maximum Gasteiger partial charge on any atom is 0.190 e. The van der Waals surface area contributed by atoms with Crippen molar-refractivity contribution in [2.75, 3.05) is 13.2 Å². The van der Waals surface area contributed by atoms with E-state index in [-0.39, 0.29) is 12.4 Å². The Morgan fingerprint density at radius 3 is 2.88 bits per heavy atom. The Balaban J connectivity index is 2.62. The number of hydrogen-bond acceptors (Lipinski definition) is 2. The number of hydrogen-bond donors (Lipinski definition) is 0. The molecule has 1 aromatic rings. The van der Waals surface area contributed by atoms with Crippen LogP contribution in [0, 0.1) is 0 Å². The fourth-order valence-corrected chi connectivity index (χ4v) is 1.50. The minimum atomic E-state index is -0.169. The smallest absolute Gasteiger partial charge is 0.190 e. The third-order valence-electron chi connectivity index (χ3n) is 1.91. The summed E-state index contributed by atoms with van der Waals surface area (Å²) in [5, 5.41) is 0.880. The summed E-state index contributed by atoms with van der Waals surface area (Å²) in [6.07, 6.45) is 3.68. The maximum atomic E-state index is 11.7. The van der Waals surface area contributed by atoms with Gasteiger partial charge in [0.1, 0.15) is 6.61 Å². The third kappa shape index (κ3) is 3.97. The van der Waals surface area contributed by atoms with Crippen LogP contribution < -0.4 is 0 Å². The molecule has 0 aromatic heterocycles. The van der Waals surface area contributed by atoms with Crippen molar-refractivity contribution in [3.8, 4) is 0 Å². The topological polar surface area (TPSA) is 26.3 Å². The van der Waals surface area contributed by atoms with Crippen molar-refractivity contribution in [2.45, 2.75) is 6.92 Å². The molecular weight excluding hydrogens is 247 g/mol. The molecule has 0 saturated heterocycles. The summed E-state index contributed by atoms with van der Waals surface area (Å²) in [7, 11) is 0. The zero-order valence-corrected chi connectivity index (χ0v) is 10.4. The van der Waals surface area contributed by atoms with Gasteiger partial charge in [0.2, 0.25) is 0 Å². The third-order valence-corrected chi connectivity index (χ3v) is 2.48. The molecule has 0 bridgehead atoms. The Kier molecular flexibility index (Phi) is 5.53. The fraction of sp³-hybridized carbons (Fsp3) is 0.250. The first-order chi connectivity index (χ1) is 7.65. The van der Waals surface area contributed by atoms with Gasteiger partial charge in [-0.15, -0.1) is 0 Å². The van der Waals surface area contributed by atoms with Crippen molar-refractivity contribution in [1.82, 2.24) is 0 Å². The van der Waals surface area contributed by atoms with Crippen molar-refractivity contribution in [1.29, 1.82) is 0 Å². The fourth-order valence-electron chi connectivity index (χ4n) is 1.10. The average molecular weight is 259 g/mol. The van der Waals surface area contributed by atoms with E-state index < -0.39 is 0 Å². The van der Waals surface area contributed by atoms with Gasteiger partial charge < -0.3 is 4.74 Å². The Labute approximate surface area is 105 Å². The number of ether oxygens (including phenoxy) is 1. The summed E-state index contributed by atoms with van der Waals surface area (Å²) >= 11 is 11.7. The molecule has 0 aliphatic rings. The lowest BCUT2D eigenvalue weighted by Crippen LogP contribution is -2.09. The molecule has 0 atom stereocenters. The Hall–Kier alpha value is -0.830. The SMILES string of the molecule is CC=CCOCC(=O)c1cc(Cl)ccc1Cl. The first kappa shape index (κ1) is 13.2. The lowest BCUT2D eigenvalue weighted by atomic mass is 10.1. The van der Waals surface area contributed by atoms with Crippen molar-refractivity contribution in [2.24, 2.45) is 0 Å². The molecule has 1 rings (SSSR count). The van der Waals surface area contributed by atoms with Crippen LogP contribution in [0.3, 0.4) is 0 Å². The molecule has 0 fully saturated rings. The summed E-state index contributed by atoms with van der Waals surface area (Å²) in [5.41, 5.74) is 0.398. The molecule has 4 heteroatoms. The number of carbonyl (C=O) groups is 1. The van der Waals surface area contributed by atoms with Crippen molar-refractivity contribution in [3.05, 3.63) is 46.0 Å². The second kappa shape index (κ2) is 6.69. The summed E-state index contributed by atoms with van der Waals surface area (Å²) in [5.74, 6) is -0.169. The molecule has 0 aliphatic carbocycles. The van der Waals surface area contributed by atoms with E-state index in [2.05, 4.69) is 0 Å². The van der Waals surface area contributed by atoms with Crippen LogP contribution in [0.5, 0.6) is 0 Å². The quantitative estimate of drug-likeness (QED) is 0.457. The van der Waals surface area contributed by atoms with E-state index in [0.717, 1.165) is 0 Å². The van der Waals surface area contributed by atoms with Gasteiger partial charge in [0, 0.05) is 10.6 Å². The van der Waals surface area contributed by atoms with E-state index in [4.69, 9.17) is 27.9 Å². The normalized spacial score (nSPS) is 10.9. The molecule has 2 nitrogen and oxygen atoms in total. The van der Waals surface area contributed by atoms with Crippen molar-refractivity contribution >= 4 is 29.0 Å². The summed E-state index contributed by atoms with van der Waals surface area (Å²) in [6, 6.07) is 4.79. The summed E-state index contributed by atoms with van der Waals surface area (Å²) in [6.45, 7) is 2.31. The first-order valence-electron chi connectivity index (χ1n) is 4.82. The first-order valence-corrected chi connectivity index (χ1v) is 5.58. The van der Waals surface area contributed by atoms with Gasteiger partial charge in [0.05, 0.1) is 11.6 Å². The van der Waals surface area contributed by atoms with Crippen molar-refractivity contribution < 1.29 is 9.53 Å². The maximum absolute atomic E-state index is 11.7. The van der Waals surface area contributed by atoms with E-state index in [1.165, 1.54) is 0 Å². The lowest BCUT2D eigenvalue weighted by Gasteiger charge is -2.04. The van der Waals surface area contributed by atoms with E-state index in [1.54, 1.807) is 18.2 Å². The highest BCUT2D eigenvalue weighted by Crippen LogP contribution is 2.21. The number of carbonyl (C=O) groups excluding carboxylic acids is 1. The number of ketones is 1. The summed E-state index contributed by atoms with van der Waals surface area (Å²) in [4.78, 5) is 11.7. The minimum Gasteiger partial charge on any atom is -0.369 e. The highest BCUT2D eigenvalue weighted by Gasteiger charge is 2.10. The second-order valence-corrected chi connectivity index (χ2v) is 3.98. The molecule has 0 saturated carbocycles. The zero-order chi connectivity index (χ0) is 12.0. The van der Waals surface area contributed by atoms with Gasteiger partial charge >= 0.3 is 0 Å². The molecule has 0 amide bonds. The molecule has 16 heavy (non-hydrogen) atoms. The highest BCUT2D eigenvalue weighted by molar-refractivity contribution is 6.35. The minimum absolute atomic E-state index is 0.00437. The molecule has 0 aliphatic heterocycles. The van der Waals surface area contributed by atoms with E-state index in [0.29, 0.717) is 22.2 Å². The molecule has 0 radical (unpaired) electrons. The Morgan fingerprint density at radius 1 is 1.44 bits per heavy atom. The Morgan fingerprint density at radius 2 is 2.19 bits per heavy atom. The molecule has 1 aromatic carbocycles. The molecule has 86 valence electrons. The lowest BCUT2D eigenvalue weighted by molar-refractivity contribution is 0.0806. The van der Waals surface area contributed by atoms with Gasteiger partial charge in [-0.2, -0.15) is 0 Å². The van der Waals surface area contributed by atoms with Gasteiger partial charge in [-0.3, -0.25) is 4.79 Å². The number of halogens is 2. The predicted molar refractivity (Wildman–Crippen MR) is 66.4 cm³/mol. The van der Waals surface area contributed by atoms with Crippen LogP contribution in [0.15, 0.2) is 30.4 Å². The van der Waals surface area contributed by atoms with Crippen LogP contribution in [-0.2, 0) is 4.74 Å². The second-order valence-electron chi connectivity index (χ2n) is 3.13. The van der Waals surface area contributed by atoms with Crippen LogP contribution in [0.4, 0.5) is 0 Å². The van der Waals surface area contributed by atoms with Crippen molar-refractivity contribution in [3.63, 3.8) is 0 Å². The summed E-state index contributed by atoms with van der Waals surface area (Å²) < 4.78 is 5.15. The van der Waals surface area contributed by atoms with Gasteiger partial charge in [-0.05, 0) is 25.1 Å². The highest BCUT2D eigenvalue weighted by atomic mass is 35.5. The van der Waals surface area contributed by atoms with Gasteiger partial charge in [-0.25, -0.2) is 0 Å². The van der Waals surface area contributed by atoms with Gasteiger partial charge in [0.15, 0.2) is 5.78 Å². The van der Waals surface area contributed by atoms with Crippen LogP contribution in [-0.4, -0.2) is 19.0 Å². The monoisotopic (exact) mass is 258 g/mol. The van der Waals surface area contributed by atoms with Gasteiger partial charge in [0.25, 0.3) is 0 Å². The van der Waals surface area contributed by atoms with E-state index in [1.807, 2.05) is 19.1 Å². The number of benzene rings is 1. The molecule has 0 spiro atoms. The molecule has 0 unspecified atom stereocenters. The number of allylic oxidation sites excluding steroid dienone is 1. The number of Topliss-reactive ketones (excluding diaryl/α,β-unsaturated/α-hetero) is 1. The van der Waals surface area contributed by atoms with Crippen LogP contribution >= 0.6 is 23.2 Å². The van der Waals surface area contributed by atoms with Crippen LogP contribution in [0.2, 0.25) is 10.0 Å². The van der Waals surface area contributed by atoms with E-state index >= 15 is 0 Å². The van der Waals surface area contributed by atoms with Crippen LogP contribution in [0.1, 0.15) is 17.3 Å². The molecular formula is C12H12Cl2O2.